The number of ether oxygens (including phenoxy) is 1. The highest BCUT2D eigenvalue weighted by Crippen LogP contribution is 2.34. The van der Waals surface area contributed by atoms with E-state index >= 15 is 0 Å². The summed E-state index contributed by atoms with van der Waals surface area (Å²) in [6.07, 6.45) is 2.44. The van der Waals surface area contributed by atoms with Gasteiger partial charge in [-0.05, 0) is 55.3 Å². The van der Waals surface area contributed by atoms with Crippen LogP contribution in [-0.4, -0.2) is 39.1 Å². The van der Waals surface area contributed by atoms with E-state index in [2.05, 4.69) is 17.1 Å². The number of anilines is 3. The van der Waals surface area contributed by atoms with Crippen LogP contribution in [0, 0.1) is 0 Å². The third kappa shape index (κ3) is 4.27. The zero-order valence-electron chi connectivity index (χ0n) is 16.7. The van der Waals surface area contributed by atoms with Crippen LogP contribution in [0.25, 0.3) is 0 Å². The van der Waals surface area contributed by atoms with E-state index in [1.54, 1.807) is 30.2 Å². The van der Waals surface area contributed by atoms with Crippen molar-refractivity contribution in [3.05, 3.63) is 48.0 Å². The quantitative estimate of drug-likeness (QED) is 0.790. The fraction of sp³-hybridized carbons (Fsp3) is 0.364. The Bertz CT molecular complexity index is 849. The van der Waals surface area contributed by atoms with Crippen LogP contribution < -0.4 is 19.9 Å². The van der Waals surface area contributed by atoms with Crippen LogP contribution in [-0.2, 0) is 4.79 Å². The molecule has 0 bridgehead atoms. The first kappa shape index (κ1) is 19.7. The second kappa shape index (κ2) is 8.78. The molecule has 1 N–H and O–H groups in total. The lowest BCUT2D eigenvalue weighted by molar-refractivity contribution is -0.117. The second-order valence-electron chi connectivity index (χ2n) is 6.96. The highest BCUT2D eigenvalue weighted by Gasteiger charge is 2.25. The van der Waals surface area contributed by atoms with E-state index in [-0.39, 0.29) is 11.8 Å². The summed E-state index contributed by atoms with van der Waals surface area (Å²) in [6.45, 7) is 3.77. The molecule has 0 aliphatic carbocycles. The van der Waals surface area contributed by atoms with E-state index in [1.807, 2.05) is 31.3 Å². The SMILES string of the molecule is CCCN(C)c1ccc(C(=O)Nc2ccc(OC)c(N3CCCC3=O)c2)cc1. The van der Waals surface area contributed by atoms with E-state index in [0.29, 0.717) is 35.7 Å². The molecule has 0 radical (unpaired) electrons. The molecule has 0 spiro atoms. The summed E-state index contributed by atoms with van der Waals surface area (Å²) in [5.41, 5.74) is 2.99. The fourth-order valence-electron chi connectivity index (χ4n) is 3.42. The molecule has 28 heavy (non-hydrogen) atoms. The number of methoxy groups -OCH3 is 1. The van der Waals surface area contributed by atoms with Crippen molar-refractivity contribution in [2.45, 2.75) is 26.2 Å². The molecule has 1 aliphatic heterocycles. The van der Waals surface area contributed by atoms with Crippen LogP contribution in [0.15, 0.2) is 42.5 Å². The summed E-state index contributed by atoms with van der Waals surface area (Å²) in [5.74, 6) is 0.513. The summed E-state index contributed by atoms with van der Waals surface area (Å²) < 4.78 is 5.39. The monoisotopic (exact) mass is 381 g/mol. The van der Waals surface area contributed by atoms with Crippen LogP contribution in [0.2, 0.25) is 0 Å². The largest absolute Gasteiger partial charge is 0.495 e. The first-order valence-corrected chi connectivity index (χ1v) is 9.64. The van der Waals surface area contributed by atoms with Crippen molar-refractivity contribution in [3.8, 4) is 5.75 Å². The Balaban J connectivity index is 1.76. The highest BCUT2D eigenvalue weighted by atomic mass is 16.5. The van der Waals surface area contributed by atoms with Gasteiger partial charge < -0.3 is 19.9 Å². The third-order valence-corrected chi connectivity index (χ3v) is 4.93. The third-order valence-electron chi connectivity index (χ3n) is 4.93. The minimum Gasteiger partial charge on any atom is -0.495 e. The van der Waals surface area contributed by atoms with Crippen molar-refractivity contribution >= 4 is 28.9 Å². The molecule has 1 fully saturated rings. The highest BCUT2D eigenvalue weighted by molar-refractivity contribution is 6.05. The lowest BCUT2D eigenvalue weighted by Crippen LogP contribution is -2.24. The summed E-state index contributed by atoms with van der Waals surface area (Å²) in [4.78, 5) is 28.6. The Kier molecular flexibility index (Phi) is 6.19. The molecule has 6 heteroatoms. The number of carbonyl (C=O) groups is 2. The van der Waals surface area contributed by atoms with Gasteiger partial charge in [-0.25, -0.2) is 0 Å². The van der Waals surface area contributed by atoms with Crippen LogP contribution in [0.1, 0.15) is 36.5 Å². The van der Waals surface area contributed by atoms with Crippen molar-refractivity contribution in [1.29, 1.82) is 0 Å². The molecular weight excluding hydrogens is 354 g/mol. The Morgan fingerprint density at radius 1 is 1.21 bits per heavy atom. The molecule has 1 heterocycles. The van der Waals surface area contributed by atoms with E-state index < -0.39 is 0 Å². The van der Waals surface area contributed by atoms with Gasteiger partial charge >= 0.3 is 0 Å². The molecule has 2 aromatic rings. The molecule has 2 aromatic carbocycles. The van der Waals surface area contributed by atoms with Crippen molar-refractivity contribution in [2.75, 3.05) is 42.4 Å². The zero-order chi connectivity index (χ0) is 20.1. The van der Waals surface area contributed by atoms with Gasteiger partial charge in [0.25, 0.3) is 5.91 Å². The average molecular weight is 381 g/mol. The van der Waals surface area contributed by atoms with E-state index in [0.717, 1.165) is 25.1 Å². The lowest BCUT2D eigenvalue weighted by atomic mass is 10.1. The molecule has 1 saturated heterocycles. The average Bonchev–Trinajstić information content (AvgIpc) is 3.14. The number of amides is 2. The standard InChI is InChI=1S/C22H27N3O3/c1-4-13-24(2)18-10-7-16(8-11-18)22(27)23-17-9-12-20(28-3)19(15-17)25-14-5-6-21(25)26/h7-12,15H,4-6,13-14H2,1-3H3,(H,23,27). The number of hydrogen-bond acceptors (Lipinski definition) is 4. The van der Waals surface area contributed by atoms with Crippen molar-refractivity contribution in [3.63, 3.8) is 0 Å². The molecule has 0 atom stereocenters. The second-order valence-corrected chi connectivity index (χ2v) is 6.96. The molecule has 0 aromatic heterocycles. The Morgan fingerprint density at radius 3 is 2.57 bits per heavy atom. The predicted molar refractivity (Wildman–Crippen MR) is 113 cm³/mol. The lowest BCUT2D eigenvalue weighted by Gasteiger charge is -2.20. The van der Waals surface area contributed by atoms with Crippen molar-refractivity contribution in [2.24, 2.45) is 0 Å². The predicted octanol–water partition coefficient (Wildman–Crippen LogP) is 3.92. The summed E-state index contributed by atoms with van der Waals surface area (Å²) >= 11 is 0. The maximum Gasteiger partial charge on any atom is 0.255 e. The van der Waals surface area contributed by atoms with Gasteiger partial charge in [0.05, 0.1) is 12.8 Å². The number of benzene rings is 2. The van der Waals surface area contributed by atoms with E-state index in [1.165, 1.54) is 0 Å². The van der Waals surface area contributed by atoms with Crippen LogP contribution in [0.4, 0.5) is 17.1 Å². The summed E-state index contributed by atoms with van der Waals surface area (Å²) in [5, 5.41) is 2.92. The van der Waals surface area contributed by atoms with Gasteiger partial charge in [-0.3, -0.25) is 9.59 Å². The minimum absolute atomic E-state index is 0.0774. The fourth-order valence-corrected chi connectivity index (χ4v) is 3.42. The Hall–Kier alpha value is -3.02. The van der Waals surface area contributed by atoms with E-state index in [9.17, 15) is 9.59 Å². The van der Waals surface area contributed by atoms with Crippen LogP contribution >= 0.6 is 0 Å². The summed E-state index contributed by atoms with van der Waals surface area (Å²) in [6, 6.07) is 12.9. The van der Waals surface area contributed by atoms with Gasteiger partial charge in [0.2, 0.25) is 5.91 Å². The maximum absolute atomic E-state index is 12.6. The summed E-state index contributed by atoms with van der Waals surface area (Å²) in [7, 11) is 3.62. The molecule has 6 nitrogen and oxygen atoms in total. The number of rotatable bonds is 7. The van der Waals surface area contributed by atoms with Crippen molar-refractivity contribution in [1.82, 2.24) is 0 Å². The molecule has 0 unspecified atom stereocenters. The van der Waals surface area contributed by atoms with Gasteiger partial charge in [0, 0.05) is 43.5 Å². The topological polar surface area (TPSA) is 61.9 Å². The first-order chi connectivity index (χ1) is 13.5. The minimum atomic E-state index is -0.187. The Labute approximate surface area is 166 Å². The number of nitrogens with zero attached hydrogens (tertiary/aromatic N) is 2. The van der Waals surface area contributed by atoms with Gasteiger partial charge in [0.15, 0.2) is 0 Å². The molecule has 3 rings (SSSR count). The van der Waals surface area contributed by atoms with Gasteiger partial charge in [-0.2, -0.15) is 0 Å². The van der Waals surface area contributed by atoms with Crippen LogP contribution in [0.5, 0.6) is 5.75 Å². The molecule has 2 amide bonds. The first-order valence-electron chi connectivity index (χ1n) is 9.64. The normalized spacial score (nSPS) is 13.5. The number of hydrogen-bond donors (Lipinski definition) is 1. The molecular formula is C22H27N3O3. The van der Waals surface area contributed by atoms with E-state index in [4.69, 9.17) is 4.74 Å². The van der Waals surface area contributed by atoms with Gasteiger partial charge in [-0.1, -0.05) is 6.92 Å². The van der Waals surface area contributed by atoms with Crippen LogP contribution in [0.3, 0.4) is 0 Å². The maximum atomic E-state index is 12.6. The number of nitrogens with one attached hydrogen (secondary N) is 1. The van der Waals surface area contributed by atoms with Gasteiger partial charge in [-0.15, -0.1) is 0 Å². The van der Waals surface area contributed by atoms with Gasteiger partial charge in [0.1, 0.15) is 5.75 Å². The molecule has 1 aliphatic rings. The van der Waals surface area contributed by atoms with Crippen molar-refractivity contribution < 1.29 is 14.3 Å². The molecule has 148 valence electrons. The Morgan fingerprint density at radius 2 is 1.96 bits per heavy atom. The molecule has 0 saturated carbocycles. The number of carbonyl (C=O) groups excluding carboxylic acids is 2. The smallest absolute Gasteiger partial charge is 0.255 e. The zero-order valence-corrected chi connectivity index (χ0v) is 16.7.